The quantitative estimate of drug-likeness (QED) is 0.419. The second-order valence-corrected chi connectivity index (χ2v) is 4.49. The molecule has 0 nitrogen and oxygen atoms in total. The van der Waals surface area contributed by atoms with E-state index in [1.165, 1.54) is 18.4 Å². The molecule has 1 unspecified atom stereocenters. The predicted octanol–water partition coefficient (Wildman–Crippen LogP) is 3.61. The van der Waals surface area contributed by atoms with Crippen LogP contribution in [-0.2, 0) is 0 Å². The van der Waals surface area contributed by atoms with Crippen molar-refractivity contribution in [2.75, 3.05) is 5.88 Å². The SMILES string of the molecule is CC1=CCCC(C)(C)C1CCl. The van der Waals surface area contributed by atoms with Gasteiger partial charge in [0.25, 0.3) is 0 Å². The maximum absolute atomic E-state index is 5.92. The van der Waals surface area contributed by atoms with Gasteiger partial charge in [-0.2, -0.15) is 0 Å². The number of alkyl halides is 1. The Morgan fingerprint density at radius 2 is 2.27 bits per heavy atom. The number of hydrogen-bond acceptors (Lipinski definition) is 0. The zero-order valence-electron chi connectivity index (χ0n) is 7.65. The van der Waals surface area contributed by atoms with Crippen LogP contribution in [0.4, 0.5) is 0 Å². The van der Waals surface area contributed by atoms with Crippen LogP contribution >= 0.6 is 11.6 Å². The van der Waals surface area contributed by atoms with Gasteiger partial charge in [0.15, 0.2) is 0 Å². The van der Waals surface area contributed by atoms with Crippen LogP contribution in [0.2, 0.25) is 0 Å². The van der Waals surface area contributed by atoms with Gasteiger partial charge in [0, 0.05) is 5.88 Å². The van der Waals surface area contributed by atoms with Crippen LogP contribution in [0.25, 0.3) is 0 Å². The Labute approximate surface area is 74.6 Å². The van der Waals surface area contributed by atoms with Crippen molar-refractivity contribution in [1.82, 2.24) is 0 Å². The van der Waals surface area contributed by atoms with Crippen LogP contribution in [0.1, 0.15) is 33.6 Å². The van der Waals surface area contributed by atoms with Crippen molar-refractivity contribution in [3.05, 3.63) is 11.6 Å². The van der Waals surface area contributed by atoms with E-state index in [2.05, 4.69) is 26.8 Å². The zero-order chi connectivity index (χ0) is 8.48. The Kier molecular flexibility index (Phi) is 2.64. The Morgan fingerprint density at radius 1 is 1.64 bits per heavy atom. The summed E-state index contributed by atoms with van der Waals surface area (Å²) in [6.07, 6.45) is 4.84. The van der Waals surface area contributed by atoms with Crippen molar-refractivity contribution >= 4 is 11.6 Å². The molecule has 0 bridgehead atoms. The van der Waals surface area contributed by atoms with E-state index >= 15 is 0 Å². The van der Waals surface area contributed by atoms with E-state index in [4.69, 9.17) is 11.6 Å². The Hall–Kier alpha value is 0.0300. The molecule has 0 amide bonds. The molecular weight excluding hydrogens is 156 g/mol. The topological polar surface area (TPSA) is 0 Å². The lowest BCUT2D eigenvalue weighted by molar-refractivity contribution is 0.234. The second kappa shape index (κ2) is 3.18. The average Bonchev–Trinajstić information content (AvgIpc) is 1.86. The molecule has 1 aliphatic carbocycles. The van der Waals surface area contributed by atoms with Crippen LogP contribution in [0.15, 0.2) is 11.6 Å². The Morgan fingerprint density at radius 3 is 2.64 bits per heavy atom. The molecule has 0 radical (unpaired) electrons. The van der Waals surface area contributed by atoms with Gasteiger partial charge in [0.2, 0.25) is 0 Å². The highest BCUT2D eigenvalue weighted by Crippen LogP contribution is 2.41. The van der Waals surface area contributed by atoms with E-state index in [-0.39, 0.29) is 0 Å². The summed E-state index contributed by atoms with van der Waals surface area (Å²) in [6.45, 7) is 6.83. The lowest BCUT2D eigenvalue weighted by atomic mass is 9.70. The summed E-state index contributed by atoms with van der Waals surface area (Å²) in [7, 11) is 0. The van der Waals surface area contributed by atoms with E-state index in [0.717, 1.165) is 5.88 Å². The molecular formula is C10H17Cl. The van der Waals surface area contributed by atoms with Gasteiger partial charge in [-0.05, 0) is 31.1 Å². The maximum atomic E-state index is 5.92. The summed E-state index contributed by atoms with van der Waals surface area (Å²) in [5.74, 6) is 1.37. The predicted molar refractivity (Wildman–Crippen MR) is 51.0 cm³/mol. The molecule has 1 heteroatoms. The van der Waals surface area contributed by atoms with Crippen molar-refractivity contribution in [1.29, 1.82) is 0 Å². The summed E-state index contributed by atoms with van der Waals surface area (Å²) >= 11 is 5.92. The first-order valence-electron chi connectivity index (χ1n) is 4.30. The summed E-state index contributed by atoms with van der Waals surface area (Å²) in [4.78, 5) is 0. The van der Waals surface area contributed by atoms with Crippen LogP contribution in [0.3, 0.4) is 0 Å². The highest BCUT2D eigenvalue weighted by Gasteiger charge is 2.31. The van der Waals surface area contributed by atoms with Crippen molar-refractivity contribution < 1.29 is 0 Å². The van der Waals surface area contributed by atoms with E-state index in [9.17, 15) is 0 Å². The number of hydrogen-bond donors (Lipinski definition) is 0. The molecule has 1 rings (SSSR count). The van der Waals surface area contributed by atoms with E-state index < -0.39 is 0 Å². The van der Waals surface area contributed by atoms with Gasteiger partial charge in [-0.25, -0.2) is 0 Å². The van der Waals surface area contributed by atoms with Crippen molar-refractivity contribution in [3.63, 3.8) is 0 Å². The molecule has 64 valence electrons. The highest BCUT2D eigenvalue weighted by atomic mass is 35.5. The molecule has 0 aromatic heterocycles. The van der Waals surface area contributed by atoms with Gasteiger partial charge in [0.05, 0.1) is 0 Å². The molecule has 1 atom stereocenters. The summed E-state index contributed by atoms with van der Waals surface area (Å²) < 4.78 is 0. The Balaban J connectivity index is 2.80. The van der Waals surface area contributed by atoms with Crippen molar-refractivity contribution in [2.45, 2.75) is 33.6 Å². The fraction of sp³-hybridized carbons (Fsp3) is 0.800. The third-order valence-corrected chi connectivity index (χ3v) is 3.21. The van der Waals surface area contributed by atoms with E-state index in [0.29, 0.717) is 11.3 Å². The van der Waals surface area contributed by atoms with E-state index in [1.54, 1.807) is 0 Å². The number of halogens is 1. The van der Waals surface area contributed by atoms with Gasteiger partial charge in [-0.15, -0.1) is 11.6 Å². The highest BCUT2D eigenvalue weighted by molar-refractivity contribution is 6.18. The van der Waals surface area contributed by atoms with Gasteiger partial charge in [-0.3, -0.25) is 0 Å². The van der Waals surface area contributed by atoms with Crippen molar-refractivity contribution in [2.24, 2.45) is 11.3 Å². The average molecular weight is 173 g/mol. The third-order valence-electron chi connectivity index (χ3n) is 2.90. The largest absolute Gasteiger partial charge is 0.126 e. The lowest BCUT2D eigenvalue weighted by Gasteiger charge is -2.37. The third kappa shape index (κ3) is 1.79. The minimum absolute atomic E-state index is 0.417. The molecule has 1 aliphatic rings. The molecule has 0 saturated carbocycles. The van der Waals surface area contributed by atoms with Crippen LogP contribution in [0.5, 0.6) is 0 Å². The molecule has 0 fully saturated rings. The fourth-order valence-corrected chi connectivity index (χ4v) is 2.60. The first-order chi connectivity index (χ1) is 5.08. The summed E-state index contributed by atoms with van der Waals surface area (Å²) in [6, 6.07) is 0. The van der Waals surface area contributed by atoms with Gasteiger partial charge in [-0.1, -0.05) is 25.5 Å². The number of rotatable bonds is 1. The standard InChI is InChI=1S/C10H17Cl/c1-8-5-4-6-10(2,3)9(8)7-11/h5,9H,4,6-7H2,1-3H3. The summed E-state index contributed by atoms with van der Waals surface area (Å²) in [5, 5.41) is 0. The summed E-state index contributed by atoms with van der Waals surface area (Å²) in [5.41, 5.74) is 1.90. The Bertz CT molecular complexity index is 168. The molecule has 0 aliphatic heterocycles. The smallest absolute Gasteiger partial charge is 0.0294 e. The molecule has 11 heavy (non-hydrogen) atoms. The monoisotopic (exact) mass is 172 g/mol. The molecule has 0 heterocycles. The molecule has 0 N–H and O–H groups in total. The molecule has 0 aromatic carbocycles. The van der Waals surface area contributed by atoms with Gasteiger partial charge < -0.3 is 0 Å². The molecule has 0 aromatic rings. The van der Waals surface area contributed by atoms with E-state index in [1.807, 2.05) is 0 Å². The molecule has 0 spiro atoms. The van der Waals surface area contributed by atoms with Crippen LogP contribution in [-0.4, -0.2) is 5.88 Å². The number of allylic oxidation sites excluding steroid dienone is 2. The fourth-order valence-electron chi connectivity index (χ4n) is 1.94. The zero-order valence-corrected chi connectivity index (χ0v) is 8.41. The minimum Gasteiger partial charge on any atom is -0.126 e. The van der Waals surface area contributed by atoms with Crippen LogP contribution in [0, 0.1) is 11.3 Å². The van der Waals surface area contributed by atoms with Crippen LogP contribution < -0.4 is 0 Å². The molecule has 0 saturated heterocycles. The first-order valence-corrected chi connectivity index (χ1v) is 4.84. The first kappa shape index (κ1) is 9.12. The van der Waals surface area contributed by atoms with Gasteiger partial charge in [0.1, 0.15) is 0 Å². The minimum atomic E-state index is 0.417. The maximum Gasteiger partial charge on any atom is 0.0294 e. The van der Waals surface area contributed by atoms with Gasteiger partial charge >= 0.3 is 0 Å². The normalized spacial score (nSPS) is 29.8. The van der Waals surface area contributed by atoms with Crippen molar-refractivity contribution in [3.8, 4) is 0 Å². The second-order valence-electron chi connectivity index (χ2n) is 4.18. The lowest BCUT2D eigenvalue weighted by Crippen LogP contribution is -2.28.